The monoisotopic (exact) mass is 312 g/mol. The predicted octanol–water partition coefficient (Wildman–Crippen LogP) is 2.71. The molecule has 2 atom stereocenters. The Bertz CT molecular complexity index is 639. The summed E-state index contributed by atoms with van der Waals surface area (Å²) in [6, 6.07) is 12.9. The van der Waals surface area contributed by atoms with Crippen LogP contribution in [0.15, 0.2) is 42.5 Å². The fraction of sp³-hybridized carbons (Fsp3) is 0.353. The number of nitrogens with one attached hydrogen (secondary N) is 2. The van der Waals surface area contributed by atoms with E-state index in [0.29, 0.717) is 5.82 Å². The summed E-state index contributed by atoms with van der Waals surface area (Å²) < 4.78 is 5.64. The minimum atomic E-state index is -0.276. The lowest BCUT2D eigenvalue weighted by Gasteiger charge is -2.20. The number of rotatable bonds is 5. The molecular weight excluding hydrogens is 292 g/mol. The Morgan fingerprint density at radius 3 is 2.70 bits per heavy atom. The fourth-order valence-corrected chi connectivity index (χ4v) is 2.57. The second-order valence-electron chi connectivity index (χ2n) is 5.61. The zero-order chi connectivity index (χ0) is 16.1. The van der Waals surface area contributed by atoms with Gasteiger partial charge in [0, 0.05) is 12.3 Å². The third kappa shape index (κ3) is 4.04. The van der Waals surface area contributed by atoms with E-state index in [1.54, 1.807) is 12.1 Å². The number of amides is 1. The molecule has 0 unspecified atom stereocenters. The first kappa shape index (κ1) is 15.4. The van der Waals surface area contributed by atoms with Gasteiger partial charge in [0.2, 0.25) is 0 Å². The van der Waals surface area contributed by atoms with Crippen LogP contribution in [0.5, 0.6) is 0 Å². The number of hydrogen-bond donors (Lipinski definition) is 2. The molecular formula is C17H20N4O2. The molecule has 0 radical (unpaired) electrons. The van der Waals surface area contributed by atoms with Crippen LogP contribution in [0.2, 0.25) is 0 Å². The average molecular weight is 312 g/mol. The van der Waals surface area contributed by atoms with Crippen molar-refractivity contribution in [1.29, 1.82) is 0 Å². The highest BCUT2D eigenvalue weighted by Gasteiger charge is 2.22. The van der Waals surface area contributed by atoms with Crippen LogP contribution in [0.4, 0.5) is 11.5 Å². The molecule has 6 heteroatoms. The molecule has 2 aromatic rings. The Kier molecular flexibility index (Phi) is 4.83. The molecule has 0 aliphatic carbocycles. The molecule has 23 heavy (non-hydrogen) atoms. The molecule has 2 N–H and O–H groups in total. The Labute approximate surface area is 135 Å². The summed E-state index contributed by atoms with van der Waals surface area (Å²) in [5.41, 5.74) is 1.01. The zero-order valence-electron chi connectivity index (χ0n) is 13.0. The van der Waals surface area contributed by atoms with Crippen molar-refractivity contribution in [2.75, 3.05) is 17.2 Å². The van der Waals surface area contributed by atoms with Crippen molar-refractivity contribution >= 4 is 17.4 Å². The van der Waals surface area contributed by atoms with Crippen molar-refractivity contribution in [3.05, 3.63) is 48.2 Å². The lowest BCUT2D eigenvalue weighted by molar-refractivity contribution is 0.0994. The molecule has 1 saturated heterocycles. The molecule has 2 heterocycles. The molecule has 1 fully saturated rings. The summed E-state index contributed by atoms with van der Waals surface area (Å²) >= 11 is 0. The maximum Gasteiger partial charge on any atom is 0.276 e. The van der Waals surface area contributed by atoms with Crippen LogP contribution in [0.3, 0.4) is 0 Å². The molecule has 120 valence electrons. The maximum absolute atomic E-state index is 12.1. The lowest BCUT2D eigenvalue weighted by atomic mass is 10.1. The fourth-order valence-electron chi connectivity index (χ4n) is 2.57. The van der Waals surface area contributed by atoms with Crippen molar-refractivity contribution < 1.29 is 9.53 Å². The minimum absolute atomic E-state index is 0.163. The van der Waals surface area contributed by atoms with Gasteiger partial charge in [0.05, 0.1) is 12.1 Å². The first-order valence-corrected chi connectivity index (χ1v) is 7.80. The van der Waals surface area contributed by atoms with Gasteiger partial charge in [-0.25, -0.2) is 0 Å². The normalized spacial score (nSPS) is 18.4. The minimum Gasteiger partial charge on any atom is -0.376 e. The number of nitrogens with zero attached hydrogens (tertiary/aromatic N) is 2. The van der Waals surface area contributed by atoms with Gasteiger partial charge in [-0.05, 0) is 44.0 Å². The molecule has 1 aliphatic heterocycles. The molecule has 1 aliphatic rings. The van der Waals surface area contributed by atoms with E-state index in [1.165, 1.54) is 0 Å². The maximum atomic E-state index is 12.1. The van der Waals surface area contributed by atoms with E-state index in [4.69, 9.17) is 4.74 Å². The summed E-state index contributed by atoms with van der Waals surface area (Å²) in [7, 11) is 0. The van der Waals surface area contributed by atoms with E-state index < -0.39 is 0 Å². The average Bonchev–Trinajstić information content (AvgIpc) is 3.11. The molecule has 3 rings (SSSR count). The van der Waals surface area contributed by atoms with Crippen LogP contribution in [-0.2, 0) is 4.74 Å². The lowest BCUT2D eigenvalue weighted by Crippen LogP contribution is -2.30. The van der Waals surface area contributed by atoms with Gasteiger partial charge in [0.25, 0.3) is 5.91 Å². The number of para-hydroxylation sites is 1. The van der Waals surface area contributed by atoms with Gasteiger partial charge in [-0.2, -0.15) is 0 Å². The second-order valence-corrected chi connectivity index (χ2v) is 5.61. The molecule has 1 amide bonds. The smallest absolute Gasteiger partial charge is 0.276 e. The van der Waals surface area contributed by atoms with Crippen LogP contribution in [0.25, 0.3) is 0 Å². The molecule has 0 bridgehead atoms. The standard InChI is InChI=1S/C17H20N4O2/c1-12(15-8-5-11-23-15)18-16-10-9-14(20-21-16)17(22)19-13-6-3-2-4-7-13/h2-4,6-7,9-10,12,15H,5,8,11H2,1H3,(H,18,21)(H,19,22)/t12-,15-/m1/s1. The molecule has 0 spiro atoms. The van der Waals surface area contributed by atoms with E-state index in [9.17, 15) is 4.79 Å². The van der Waals surface area contributed by atoms with Gasteiger partial charge < -0.3 is 15.4 Å². The number of anilines is 2. The van der Waals surface area contributed by atoms with Crippen molar-refractivity contribution in [1.82, 2.24) is 10.2 Å². The SMILES string of the molecule is C[C@@H](Nc1ccc(C(=O)Nc2ccccc2)nn1)[C@H]1CCCO1. The zero-order valence-corrected chi connectivity index (χ0v) is 13.0. The van der Waals surface area contributed by atoms with E-state index in [0.717, 1.165) is 25.1 Å². The van der Waals surface area contributed by atoms with Crippen molar-refractivity contribution in [2.24, 2.45) is 0 Å². The summed E-state index contributed by atoms with van der Waals surface area (Å²) in [6.07, 6.45) is 2.36. The first-order valence-electron chi connectivity index (χ1n) is 7.80. The largest absolute Gasteiger partial charge is 0.376 e. The van der Waals surface area contributed by atoms with E-state index in [2.05, 4.69) is 27.8 Å². The number of aromatic nitrogens is 2. The highest BCUT2D eigenvalue weighted by molar-refractivity contribution is 6.02. The highest BCUT2D eigenvalue weighted by Crippen LogP contribution is 2.18. The first-order chi connectivity index (χ1) is 11.2. The van der Waals surface area contributed by atoms with Crippen molar-refractivity contribution in [2.45, 2.75) is 31.9 Å². The van der Waals surface area contributed by atoms with E-state index >= 15 is 0 Å². The number of hydrogen-bond acceptors (Lipinski definition) is 5. The number of carbonyl (C=O) groups is 1. The van der Waals surface area contributed by atoms with Gasteiger partial charge in [-0.3, -0.25) is 4.79 Å². The number of ether oxygens (including phenoxy) is 1. The quantitative estimate of drug-likeness (QED) is 0.888. The van der Waals surface area contributed by atoms with Crippen molar-refractivity contribution in [3.63, 3.8) is 0 Å². The Hall–Kier alpha value is -2.47. The summed E-state index contributed by atoms with van der Waals surface area (Å²) in [4.78, 5) is 12.1. The number of carbonyl (C=O) groups excluding carboxylic acids is 1. The Morgan fingerprint density at radius 2 is 2.04 bits per heavy atom. The summed E-state index contributed by atoms with van der Waals surface area (Å²) in [5.74, 6) is 0.367. The molecule has 6 nitrogen and oxygen atoms in total. The van der Waals surface area contributed by atoms with E-state index in [1.807, 2.05) is 30.3 Å². The van der Waals surface area contributed by atoms with Crippen LogP contribution < -0.4 is 10.6 Å². The third-order valence-electron chi connectivity index (χ3n) is 3.83. The third-order valence-corrected chi connectivity index (χ3v) is 3.83. The van der Waals surface area contributed by atoms with Gasteiger partial charge in [0.1, 0.15) is 5.82 Å². The van der Waals surface area contributed by atoms with Crippen LogP contribution in [0.1, 0.15) is 30.3 Å². The molecule has 0 saturated carbocycles. The van der Waals surface area contributed by atoms with Gasteiger partial charge in [-0.1, -0.05) is 18.2 Å². The van der Waals surface area contributed by atoms with Crippen LogP contribution in [0, 0.1) is 0 Å². The predicted molar refractivity (Wildman–Crippen MR) is 88.5 cm³/mol. The second kappa shape index (κ2) is 7.19. The van der Waals surface area contributed by atoms with Gasteiger partial charge in [-0.15, -0.1) is 10.2 Å². The van der Waals surface area contributed by atoms with Crippen LogP contribution in [-0.4, -0.2) is 34.9 Å². The topological polar surface area (TPSA) is 76.1 Å². The van der Waals surface area contributed by atoms with Gasteiger partial charge >= 0.3 is 0 Å². The Balaban J connectivity index is 1.59. The van der Waals surface area contributed by atoms with Crippen molar-refractivity contribution in [3.8, 4) is 0 Å². The Morgan fingerprint density at radius 1 is 1.22 bits per heavy atom. The van der Waals surface area contributed by atoms with E-state index in [-0.39, 0.29) is 23.7 Å². The highest BCUT2D eigenvalue weighted by atomic mass is 16.5. The van der Waals surface area contributed by atoms with Gasteiger partial charge in [0.15, 0.2) is 5.69 Å². The molecule has 1 aromatic heterocycles. The number of benzene rings is 1. The summed E-state index contributed by atoms with van der Waals surface area (Å²) in [6.45, 7) is 2.88. The van der Waals surface area contributed by atoms with Crippen LogP contribution >= 0.6 is 0 Å². The molecule has 1 aromatic carbocycles. The summed E-state index contributed by atoms with van der Waals surface area (Å²) in [5, 5.41) is 14.1.